The van der Waals surface area contributed by atoms with Gasteiger partial charge in [-0.3, -0.25) is 9.89 Å². The number of primary amides is 1. The van der Waals surface area contributed by atoms with Crippen LogP contribution in [0.1, 0.15) is 32.7 Å². The Kier molecular flexibility index (Phi) is 5.28. The lowest BCUT2D eigenvalue weighted by atomic mass is 10.1. The van der Waals surface area contributed by atoms with Crippen LogP contribution in [0.3, 0.4) is 0 Å². The molecule has 1 aliphatic rings. The van der Waals surface area contributed by atoms with Crippen LogP contribution in [0, 0.1) is 5.82 Å². The fourth-order valence-corrected chi connectivity index (χ4v) is 3.35. The van der Waals surface area contributed by atoms with Crippen molar-refractivity contribution in [2.24, 2.45) is 10.7 Å². The van der Waals surface area contributed by atoms with Crippen LogP contribution in [0.25, 0.3) is 0 Å². The predicted octanol–water partition coefficient (Wildman–Crippen LogP) is 3.51. The third kappa shape index (κ3) is 4.13. The smallest absolute Gasteiger partial charge is 0.254 e. The van der Waals surface area contributed by atoms with Gasteiger partial charge >= 0.3 is 0 Å². The fourth-order valence-electron chi connectivity index (χ4n) is 3.13. The number of halogens is 2. The zero-order valence-corrected chi connectivity index (χ0v) is 15.9. The first-order chi connectivity index (χ1) is 14.0. The Balaban J connectivity index is 1.67. The molecule has 1 aromatic heterocycles. The molecule has 2 aromatic carbocycles. The van der Waals surface area contributed by atoms with Crippen molar-refractivity contribution in [2.45, 2.75) is 13.0 Å². The molecule has 29 heavy (non-hydrogen) atoms. The Morgan fingerprint density at radius 2 is 2.24 bits per heavy atom. The van der Waals surface area contributed by atoms with Crippen LogP contribution in [0.2, 0.25) is 5.02 Å². The molecule has 0 saturated heterocycles. The zero-order chi connectivity index (χ0) is 20.4. The number of carbonyl (C=O) groups is 1. The first-order valence-electron chi connectivity index (χ1n) is 8.70. The summed E-state index contributed by atoms with van der Waals surface area (Å²) in [5.74, 6) is -0.525. The first kappa shape index (κ1) is 19.1. The SMILES string of the molecule is NC(=O)c1c(N=Cc2cc(F)cc3c2OCOC3)n[nH]c1Cc1cccc(Cl)c1. The van der Waals surface area contributed by atoms with Gasteiger partial charge in [0.15, 0.2) is 12.6 Å². The van der Waals surface area contributed by atoms with Crippen molar-refractivity contribution in [3.63, 3.8) is 0 Å². The Hall–Kier alpha value is -3.23. The molecule has 1 aliphatic heterocycles. The number of aromatic nitrogens is 2. The monoisotopic (exact) mass is 414 g/mol. The second kappa shape index (κ2) is 8.02. The van der Waals surface area contributed by atoms with E-state index in [-0.39, 0.29) is 24.8 Å². The van der Waals surface area contributed by atoms with Crippen LogP contribution in [-0.4, -0.2) is 29.1 Å². The summed E-state index contributed by atoms with van der Waals surface area (Å²) in [4.78, 5) is 16.3. The molecule has 0 unspecified atom stereocenters. The summed E-state index contributed by atoms with van der Waals surface area (Å²) in [5, 5.41) is 7.47. The zero-order valence-electron chi connectivity index (χ0n) is 15.1. The number of hydrogen-bond donors (Lipinski definition) is 2. The number of aromatic amines is 1. The van der Waals surface area contributed by atoms with Gasteiger partial charge in [0, 0.05) is 28.8 Å². The lowest BCUT2D eigenvalue weighted by Gasteiger charge is -2.19. The number of hydrogen-bond acceptors (Lipinski definition) is 5. The van der Waals surface area contributed by atoms with E-state index < -0.39 is 11.7 Å². The topological polar surface area (TPSA) is 103 Å². The van der Waals surface area contributed by atoms with Crippen molar-refractivity contribution < 1.29 is 18.7 Å². The summed E-state index contributed by atoms with van der Waals surface area (Å²) < 4.78 is 24.5. The van der Waals surface area contributed by atoms with Gasteiger partial charge in [-0.2, -0.15) is 5.10 Å². The summed E-state index contributed by atoms with van der Waals surface area (Å²) in [6, 6.07) is 9.87. The highest BCUT2D eigenvalue weighted by Gasteiger charge is 2.19. The normalized spacial score (nSPS) is 13.3. The third-order valence-corrected chi connectivity index (χ3v) is 4.60. The molecule has 0 fully saturated rings. The molecule has 3 N–H and O–H groups in total. The second-order valence-electron chi connectivity index (χ2n) is 6.42. The van der Waals surface area contributed by atoms with Gasteiger partial charge in [0.25, 0.3) is 5.91 Å². The van der Waals surface area contributed by atoms with Gasteiger partial charge in [-0.05, 0) is 29.8 Å². The van der Waals surface area contributed by atoms with Crippen LogP contribution in [-0.2, 0) is 17.8 Å². The molecule has 0 atom stereocenters. The lowest BCUT2D eigenvalue weighted by Crippen LogP contribution is -2.14. The molecule has 9 heteroatoms. The van der Waals surface area contributed by atoms with Crippen molar-refractivity contribution in [2.75, 3.05) is 6.79 Å². The number of ether oxygens (including phenoxy) is 2. The minimum Gasteiger partial charge on any atom is -0.466 e. The molecular formula is C20H16ClFN4O3. The largest absolute Gasteiger partial charge is 0.466 e. The van der Waals surface area contributed by atoms with Crippen molar-refractivity contribution in [3.8, 4) is 5.75 Å². The van der Waals surface area contributed by atoms with E-state index in [0.717, 1.165) is 5.56 Å². The number of aliphatic imine (C=N–C) groups is 1. The number of nitrogens with one attached hydrogen (secondary N) is 1. The molecule has 2 heterocycles. The molecule has 0 spiro atoms. The number of fused-ring (bicyclic) bond motifs is 1. The Morgan fingerprint density at radius 1 is 1.38 bits per heavy atom. The predicted molar refractivity (Wildman–Crippen MR) is 105 cm³/mol. The van der Waals surface area contributed by atoms with E-state index in [1.165, 1.54) is 18.3 Å². The van der Waals surface area contributed by atoms with Crippen molar-refractivity contribution in [3.05, 3.63) is 75.2 Å². The molecule has 0 bridgehead atoms. The maximum atomic E-state index is 13.9. The van der Waals surface area contributed by atoms with E-state index in [9.17, 15) is 9.18 Å². The van der Waals surface area contributed by atoms with Crippen LogP contribution < -0.4 is 10.5 Å². The van der Waals surface area contributed by atoms with Gasteiger partial charge in [0.2, 0.25) is 0 Å². The Labute approximate surface area is 170 Å². The summed E-state index contributed by atoms with van der Waals surface area (Å²) >= 11 is 6.01. The van der Waals surface area contributed by atoms with Gasteiger partial charge in [-0.25, -0.2) is 9.38 Å². The molecule has 0 radical (unpaired) electrons. The molecule has 3 aromatic rings. The number of benzene rings is 2. The Morgan fingerprint density at radius 3 is 3.03 bits per heavy atom. The first-order valence-corrected chi connectivity index (χ1v) is 9.07. The van der Waals surface area contributed by atoms with Gasteiger partial charge in [0.1, 0.15) is 17.1 Å². The van der Waals surface area contributed by atoms with Gasteiger partial charge in [-0.15, -0.1) is 0 Å². The molecule has 4 rings (SSSR count). The maximum Gasteiger partial charge on any atom is 0.254 e. The molecule has 0 aliphatic carbocycles. The van der Waals surface area contributed by atoms with E-state index in [0.29, 0.717) is 34.0 Å². The Bertz CT molecular complexity index is 1110. The van der Waals surface area contributed by atoms with E-state index in [4.69, 9.17) is 26.8 Å². The molecular weight excluding hydrogens is 399 g/mol. The van der Waals surface area contributed by atoms with E-state index in [2.05, 4.69) is 15.2 Å². The molecule has 1 amide bonds. The number of nitrogens with two attached hydrogens (primary N) is 1. The van der Waals surface area contributed by atoms with Crippen molar-refractivity contribution >= 4 is 29.5 Å². The number of H-pyrrole nitrogens is 1. The minimum absolute atomic E-state index is 0.0677. The summed E-state index contributed by atoms with van der Waals surface area (Å²) in [7, 11) is 0. The van der Waals surface area contributed by atoms with E-state index in [1.807, 2.05) is 12.1 Å². The minimum atomic E-state index is -0.672. The molecule has 0 saturated carbocycles. The maximum absolute atomic E-state index is 13.9. The van der Waals surface area contributed by atoms with Crippen molar-refractivity contribution in [1.82, 2.24) is 10.2 Å². The van der Waals surface area contributed by atoms with Crippen LogP contribution in [0.15, 0.2) is 41.4 Å². The van der Waals surface area contributed by atoms with Gasteiger partial charge in [0.05, 0.1) is 12.3 Å². The summed E-state index contributed by atoms with van der Waals surface area (Å²) in [5.41, 5.74) is 8.10. The molecule has 7 nitrogen and oxygen atoms in total. The highest BCUT2D eigenvalue weighted by molar-refractivity contribution is 6.30. The highest BCUT2D eigenvalue weighted by Crippen LogP contribution is 2.29. The highest BCUT2D eigenvalue weighted by atomic mass is 35.5. The molecule has 148 valence electrons. The van der Waals surface area contributed by atoms with Crippen LogP contribution in [0.4, 0.5) is 10.2 Å². The number of rotatable bonds is 5. The van der Waals surface area contributed by atoms with E-state index in [1.54, 1.807) is 12.1 Å². The summed E-state index contributed by atoms with van der Waals surface area (Å²) in [6.07, 6.45) is 1.76. The van der Waals surface area contributed by atoms with Gasteiger partial charge < -0.3 is 15.2 Å². The average molecular weight is 415 g/mol. The van der Waals surface area contributed by atoms with Crippen LogP contribution in [0.5, 0.6) is 5.75 Å². The quantitative estimate of drug-likeness (QED) is 0.623. The van der Waals surface area contributed by atoms with Gasteiger partial charge in [-0.1, -0.05) is 23.7 Å². The standard InChI is InChI=1S/C20H16ClFN4O3/c21-14-3-1-2-11(4-14)5-16-17(19(23)27)20(26-25-16)24-8-12-6-15(22)7-13-9-28-10-29-18(12)13/h1-4,6-8H,5,9-10H2,(H2,23,27)(H,25,26). The van der Waals surface area contributed by atoms with E-state index >= 15 is 0 Å². The number of nitrogens with zero attached hydrogens (tertiary/aromatic N) is 2. The lowest BCUT2D eigenvalue weighted by molar-refractivity contribution is -0.0166. The fraction of sp³-hybridized carbons (Fsp3) is 0.150. The average Bonchev–Trinajstić information content (AvgIpc) is 3.08. The number of amides is 1. The summed E-state index contributed by atoms with van der Waals surface area (Å²) in [6.45, 7) is 0.310. The van der Waals surface area contributed by atoms with Crippen molar-refractivity contribution in [1.29, 1.82) is 0 Å². The third-order valence-electron chi connectivity index (χ3n) is 4.37. The second-order valence-corrected chi connectivity index (χ2v) is 6.86. The van der Waals surface area contributed by atoms with Crippen LogP contribution >= 0.6 is 11.6 Å². The number of carbonyl (C=O) groups excluding carboxylic acids is 1.